The molecule has 2 atom stereocenters. The van der Waals surface area contributed by atoms with E-state index in [1.54, 1.807) is 0 Å². The summed E-state index contributed by atoms with van der Waals surface area (Å²) in [5.41, 5.74) is -0.293. The van der Waals surface area contributed by atoms with Crippen LogP contribution in [0.3, 0.4) is 0 Å². The maximum Gasteiger partial charge on any atom is 0.141 e. The van der Waals surface area contributed by atoms with Gasteiger partial charge in [0.2, 0.25) is 0 Å². The Morgan fingerprint density at radius 1 is 1.25 bits per heavy atom. The van der Waals surface area contributed by atoms with E-state index in [2.05, 4.69) is 0 Å². The van der Waals surface area contributed by atoms with Crippen LogP contribution >= 0.6 is 0 Å². The third kappa shape index (κ3) is 1.01. The molecule has 2 aliphatic carbocycles. The summed E-state index contributed by atoms with van der Waals surface area (Å²) in [5, 5.41) is 9.81. The van der Waals surface area contributed by atoms with Crippen LogP contribution in [0.25, 0.3) is 0 Å². The number of aliphatic hydroxyl groups excluding tert-OH is 1. The quantitative estimate of drug-likeness (QED) is 0.597. The second-order valence-electron chi connectivity index (χ2n) is 4.19. The molecular weight excluding hydrogens is 152 g/mol. The van der Waals surface area contributed by atoms with Gasteiger partial charge in [-0.3, -0.25) is 4.79 Å². The summed E-state index contributed by atoms with van der Waals surface area (Å²) in [6.07, 6.45) is 6.30. The molecular formula is C10H16O2. The average molecular weight is 168 g/mol. The number of Topliss-reactive ketones (excluding diaryl/α,β-unsaturated/α-hetero) is 1. The van der Waals surface area contributed by atoms with Gasteiger partial charge in [0.25, 0.3) is 0 Å². The van der Waals surface area contributed by atoms with E-state index in [4.69, 9.17) is 0 Å². The Morgan fingerprint density at radius 2 is 2.00 bits per heavy atom. The van der Waals surface area contributed by atoms with E-state index in [1.807, 2.05) is 0 Å². The van der Waals surface area contributed by atoms with Gasteiger partial charge in [-0.2, -0.15) is 0 Å². The van der Waals surface area contributed by atoms with E-state index in [1.165, 1.54) is 0 Å². The fraction of sp³-hybridized carbons (Fsp3) is 0.900. The van der Waals surface area contributed by atoms with Crippen molar-refractivity contribution < 1.29 is 9.90 Å². The van der Waals surface area contributed by atoms with Gasteiger partial charge < -0.3 is 5.11 Å². The Hall–Kier alpha value is -0.370. The van der Waals surface area contributed by atoms with Crippen molar-refractivity contribution in [2.45, 2.75) is 51.0 Å². The highest BCUT2D eigenvalue weighted by molar-refractivity contribution is 5.87. The fourth-order valence-electron chi connectivity index (χ4n) is 2.79. The molecule has 1 spiro atoms. The van der Waals surface area contributed by atoms with Crippen LogP contribution in [0.5, 0.6) is 0 Å². The SMILES string of the molecule is O=C1CCC[C@]12CCCC[C@@H]2O. The van der Waals surface area contributed by atoms with E-state index in [9.17, 15) is 9.90 Å². The average Bonchev–Trinajstić information content (AvgIpc) is 2.41. The lowest BCUT2D eigenvalue weighted by Crippen LogP contribution is -2.41. The van der Waals surface area contributed by atoms with Crippen molar-refractivity contribution in [3.63, 3.8) is 0 Å². The molecule has 0 saturated heterocycles. The number of ketones is 1. The second-order valence-corrected chi connectivity index (χ2v) is 4.19. The summed E-state index contributed by atoms with van der Waals surface area (Å²) < 4.78 is 0. The van der Waals surface area contributed by atoms with Crippen molar-refractivity contribution >= 4 is 5.78 Å². The van der Waals surface area contributed by atoms with E-state index < -0.39 is 0 Å². The van der Waals surface area contributed by atoms with Gasteiger partial charge in [-0.1, -0.05) is 12.8 Å². The van der Waals surface area contributed by atoms with Gasteiger partial charge in [0.1, 0.15) is 5.78 Å². The van der Waals surface area contributed by atoms with Crippen LogP contribution in [-0.2, 0) is 4.79 Å². The van der Waals surface area contributed by atoms with Crippen molar-refractivity contribution in [1.82, 2.24) is 0 Å². The number of carbonyl (C=O) groups is 1. The summed E-state index contributed by atoms with van der Waals surface area (Å²) in [4.78, 5) is 11.6. The third-order valence-electron chi connectivity index (χ3n) is 3.57. The normalized spacial score (nSPS) is 42.4. The van der Waals surface area contributed by atoms with Gasteiger partial charge >= 0.3 is 0 Å². The summed E-state index contributed by atoms with van der Waals surface area (Å²) in [6, 6.07) is 0. The molecule has 0 radical (unpaired) electrons. The number of hydrogen-bond acceptors (Lipinski definition) is 2. The highest BCUT2D eigenvalue weighted by atomic mass is 16.3. The molecule has 2 aliphatic rings. The van der Waals surface area contributed by atoms with Crippen molar-refractivity contribution in [2.75, 3.05) is 0 Å². The molecule has 68 valence electrons. The Bertz CT molecular complexity index is 200. The largest absolute Gasteiger partial charge is 0.392 e. The van der Waals surface area contributed by atoms with Crippen LogP contribution in [0.15, 0.2) is 0 Å². The summed E-state index contributed by atoms with van der Waals surface area (Å²) >= 11 is 0. The highest BCUT2D eigenvalue weighted by Gasteiger charge is 2.48. The van der Waals surface area contributed by atoms with Gasteiger partial charge in [-0.25, -0.2) is 0 Å². The second kappa shape index (κ2) is 2.84. The zero-order valence-electron chi connectivity index (χ0n) is 7.38. The standard InChI is InChI=1S/C10H16O2/c11-8-4-1-2-6-10(8)7-3-5-9(10)12/h8,11H,1-7H2/t8-,10-/m0/s1. The first-order valence-corrected chi connectivity index (χ1v) is 4.97. The highest BCUT2D eigenvalue weighted by Crippen LogP contribution is 2.46. The molecule has 0 amide bonds. The van der Waals surface area contributed by atoms with E-state index in [0.717, 1.165) is 38.5 Å². The monoisotopic (exact) mass is 168 g/mol. The Labute approximate surface area is 73.0 Å². The number of hydrogen-bond donors (Lipinski definition) is 1. The summed E-state index contributed by atoms with van der Waals surface area (Å²) in [6.45, 7) is 0. The molecule has 2 saturated carbocycles. The molecule has 12 heavy (non-hydrogen) atoms. The number of aliphatic hydroxyl groups is 1. The molecule has 2 nitrogen and oxygen atoms in total. The molecule has 0 aromatic rings. The molecule has 0 aromatic carbocycles. The van der Waals surface area contributed by atoms with Gasteiger partial charge in [0, 0.05) is 6.42 Å². The fourth-order valence-corrected chi connectivity index (χ4v) is 2.79. The lowest BCUT2D eigenvalue weighted by Gasteiger charge is -2.36. The predicted octanol–water partition coefficient (Wildman–Crippen LogP) is 1.66. The Morgan fingerprint density at radius 3 is 2.58 bits per heavy atom. The van der Waals surface area contributed by atoms with Crippen molar-refractivity contribution in [3.8, 4) is 0 Å². The Balaban J connectivity index is 2.21. The van der Waals surface area contributed by atoms with Crippen LogP contribution in [0.4, 0.5) is 0 Å². The van der Waals surface area contributed by atoms with Gasteiger partial charge in [0.05, 0.1) is 11.5 Å². The Kier molecular flexibility index (Phi) is 1.95. The lowest BCUT2D eigenvalue weighted by atomic mass is 9.70. The first-order chi connectivity index (χ1) is 5.76. The zero-order chi connectivity index (χ0) is 8.60. The van der Waals surface area contributed by atoms with Gasteiger partial charge in [-0.15, -0.1) is 0 Å². The van der Waals surface area contributed by atoms with Crippen LogP contribution in [0.1, 0.15) is 44.9 Å². The molecule has 0 unspecified atom stereocenters. The van der Waals surface area contributed by atoms with E-state index >= 15 is 0 Å². The van der Waals surface area contributed by atoms with Crippen LogP contribution in [0, 0.1) is 5.41 Å². The first-order valence-electron chi connectivity index (χ1n) is 4.97. The van der Waals surface area contributed by atoms with Crippen LogP contribution in [0.2, 0.25) is 0 Å². The van der Waals surface area contributed by atoms with E-state index in [0.29, 0.717) is 12.2 Å². The minimum absolute atomic E-state index is 0.293. The smallest absolute Gasteiger partial charge is 0.141 e. The van der Waals surface area contributed by atoms with Crippen molar-refractivity contribution in [2.24, 2.45) is 5.41 Å². The van der Waals surface area contributed by atoms with Crippen molar-refractivity contribution in [3.05, 3.63) is 0 Å². The van der Waals surface area contributed by atoms with Crippen LogP contribution < -0.4 is 0 Å². The van der Waals surface area contributed by atoms with Gasteiger partial charge in [0.15, 0.2) is 0 Å². The molecule has 0 bridgehead atoms. The van der Waals surface area contributed by atoms with Crippen LogP contribution in [-0.4, -0.2) is 17.0 Å². The molecule has 0 aliphatic heterocycles. The van der Waals surface area contributed by atoms with Crippen molar-refractivity contribution in [1.29, 1.82) is 0 Å². The minimum atomic E-state index is -0.332. The summed E-state index contributed by atoms with van der Waals surface area (Å²) in [5.74, 6) is 0.328. The lowest BCUT2D eigenvalue weighted by molar-refractivity contribution is -0.134. The topological polar surface area (TPSA) is 37.3 Å². The maximum atomic E-state index is 11.6. The third-order valence-corrected chi connectivity index (χ3v) is 3.57. The molecule has 0 aromatic heterocycles. The molecule has 1 N–H and O–H groups in total. The predicted molar refractivity (Wildman–Crippen MR) is 45.8 cm³/mol. The molecule has 2 fully saturated rings. The van der Waals surface area contributed by atoms with E-state index in [-0.39, 0.29) is 11.5 Å². The molecule has 0 heterocycles. The number of rotatable bonds is 0. The first kappa shape index (κ1) is 8.24. The maximum absolute atomic E-state index is 11.6. The molecule has 2 rings (SSSR count). The molecule has 2 heteroatoms. The zero-order valence-corrected chi connectivity index (χ0v) is 7.38. The van der Waals surface area contributed by atoms with Gasteiger partial charge in [-0.05, 0) is 25.7 Å². The number of carbonyl (C=O) groups excluding carboxylic acids is 1. The summed E-state index contributed by atoms with van der Waals surface area (Å²) in [7, 11) is 0. The minimum Gasteiger partial charge on any atom is -0.392 e.